The molecule has 2 aromatic rings. The second-order valence-corrected chi connectivity index (χ2v) is 6.17. The Hall–Kier alpha value is -0.900. The molecular weight excluding hydrogens is 276 g/mol. The van der Waals surface area contributed by atoms with E-state index in [1.165, 1.54) is 5.56 Å². The highest BCUT2D eigenvalue weighted by Gasteiger charge is 2.15. The van der Waals surface area contributed by atoms with Crippen LogP contribution in [0.4, 0.5) is 0 Å². The van der Waals surface area contributed by atoms with Gasteiger partial charge in [0.2, 0.25) is 0 Å². The predicted molar refractivity (Wildman–Crippen MR) is 83.2 cm³/mol. The topological polar surface area (TPSA) is 24.9 Å². The third-order valence-corrected chi connectivity index (χ3v) is 4.21. The lowest BCUT2D eigenvalue weighted by molar-refractivity contribution is 0.545. The monoisotopic (exact) mass is 294 g/mol. The molecule has 2 rings (SSSR count). The molecule has 1 N–H and O–H groups in total. The highest BCUT2D eigenvalue weighted by molar-refractivity contribution is 7.09. The van der Waals surface area contributed by atoms with Gasteiger partial charge in [-0.25, -0.2) is 4.98 Å². The van der Waals surface area contributed by atoms with Crippen LogP contribution in [0.25, 0.3) is 0 Å². The summed E-state index contributed by atoms with van der Waals surface area (Å²) in [5.74, 6) is 0. The summed E-state index contributed by atoms with van der Waals surface area (Å²) in [5, 5.41) is 7.57. The highest BCUT2D eigenvalue weighted by Crippen LogP contribution is 2.27. The molecule has 0 bridgehead atoms. The Kier molecular flexibility index (Phi) is 4.97. The van der Waals surface area contributed by atoms with Crippen molar-refractivity contribution in [1.29, 1.82) is 0 Å². The van der Waals surface area contributed by atoms with E-state index in [0.717, 1.165) is 34.3 Å². The number of aromatic nitrogens is 1. The van der Waals surface area contributed by atoms with Crippen LogP contribution in [0.3, 0.4) is 0 Å². The molecule has 0 aliphatic heterocycles. The quantitative estimate of drug-likeness (QED) is 0.889. The lowest BCUT2D eigenvalue weighted by atomic mass is 10.0. The highest BCUT2D eigenvalue weighted by atomic mass is 35.5. The van der Waals surface area contributed by atoms with E-state index in [1.807, 2.05) is 13.0 Å². The smallest absolute Gasteiger partial charge is 0.0897 e. The van der Waals surface area contributed by atoms with Gasteiger partial charge in [0.1, 0.15) is 0 Å². The van der Waals surface area contributed by atoms with Crippen LogP contribution >= 0.6 is 22.9 Å². The number of nitrogens with one attached hydrogen (secondary N) is 1. The first-order valence-corrected chi connectivity index (χ1v) is 7.76. The minimum absolute atomic E-state index is 0.222. The summed E-state index contributed by atoms with van der Waals surface area (Å²) in [6.07, 6.45) is 0.876. The maximum atomic E-state index is 6.37. The lowest BCUT2D eigenvalue weighted by Gasteiger charge is -2.19. The number of benzene rings is 1. The number of halogens is 1. The van der Waals surface area contributed by atoms with Gasteiger partial charge in [-0.15, -0.1) is 11.3 Å². The van der Waals surface area contributed by atoms with Crippen molar-refractivity contribution in [3.8, 4) is 0 Å². The van der Waals surface area contributed by atoms with E-state index in [0.29, 0.717) is 0 Å². The summed E-state index contributed by atoms with van der Waals surface area (Å²) in [7, 11) is 0. The number of nitrogens with zero attached hydrogens (tertiary/aromatic N) is 1. The lowest BCUT2D eigenvalue weighted by Crippen LogP contribution is -2.23. The average Bonchev–Trinajstić information content (AvgIpc) is 2.74. The maximum Gasteiger partial charge on any atom is 0.0897 e. The van der Waals surface area contributed by atoms with Crippen molar-refractivity contribution in [2.24, 2.45) is 0 Å². The number of thiazole rings is 1. The minimum atomic E-state index is 0.222. The second-order valence-electron chi connectivity index (χ2n) is 4.70. The Bertz CT molecular complexity index is 551. The van der Waals surface area contributed by atoms with Gasteiger partial charge >= 0.3 is 0 Å². The molecule has 4 heteroatoms. The molecule has 0 radical (unpaired) electrons. The van der Waals surface area contributed by atoms with Gasteiger partial charge in [0.25, 0.3) is 0 Å². The fourth-order valence-corrected chi connectivity index (χ4v) is 3.16. The third kappa shape index (κ3) is 3.78. The molecule has 1 unspecified atom stereocenters. The van der Waals surface area contributed by atoms with Gasteiger partial charge in [0.15, 0.2) is 0 Å². The van der Waals surface area contributed by atoms with Gasteiger partial charge < -0.3 is 5.32 Å². The Morgan fingerprint density at radius 3 is 2.74 bits per heavy atom. The van der Waals surface area contributed by atoms with E-state index in [-0.39, 0.29) is 6.04 Å². The largest absolute Gasteiger partial charge is 0.310 e. The van der Waals surface area contributed by atoms with E-state index < -0.39 is 0 Å². The Labute approximate surface area is 123 Å². The van der Waals surface area contributed by atoms with Crippen LogP contribution in [0.1, 0.15) is 34.8 Å². The van der Waals surface area contributed by atoms with Gasteiger partial charge in [-0.3, -0.25) is 0 Å². The summed E-state index contributed by atoms with van der Waals surface area (Å²) in [5.41, 5.74) is 3.47. The molecule has 1 heterocycles. The molecule has 1 atom stereocenters. The van der Waals surface area contributed by atoms with Crippen molar-refractivity contribution in [2.45, 2.75) is 33.2 Å². The second kappa shape index (κ2) is 6.51. The van der Waals surface area contributed by atoms with Crippen LogP contribution in [-0.2, 0) is 6.42 Å². The fourth-order valence-electron chi connectivity index (χ4n) is 2.16. The van der Waals surface area contributed by atoms with Crippen LogP contribution in [0, 0.1) is 13.8 Å². The third-order valence-electron chi connectivity index (χ3n) is 3.06. The van der Waals surface area contributed by atoms with Crippen LogP contribution in [0.5, 0.6) is 0 Å². The number of likely N-dealkylation sites (N-methyl/N-ethyl adjacent to an activating group) is 1. The van der Waals surface area contributed by atoms with Gasteiger partial charge in [-0.05, 0) is 37.6 Å². The van der Waals surface area contributed by atoms with Crippen molar-refractivity contribution in [2.75, 3.05) is 6.54 Å². The van der Waals surface area contributed by atoms with Gasteiger partial charge in [-0.2, -0.15) is 0 Å². The summed E-state index contributed by atoms with van der Waals surface area (Å²) in [6, 6.07) is 6.47. The summed E-state index contributed by atoms with van der Waals surface area (Å²) in [4.78, 5) is 4.54. The summed E-state index contributed by atoms with van der Waals surface area (Å²) >= 11 is 8.07. The molecule has 2 nitrogen and oxygen atoms in total. The van der Waals surface area contributed by atoms with Gasteiger partial charge in [0.05, 0.1) is 10.7 Å². The number of hydrogen-bond donors (Lipinski definition) is 1. The Morgan fingerprint density at radius 2 is 2.16 bits per heavy atom. The minimum Gasteiger partial charge on any atom is -0.310 e. The molecule has 0 fully saturated rings. The van der Waals surface area contributed by atoms with Crippen molar-refractivity contribution in [3.05, 3.63) is 50.4 Å². The van der Waals surface area contributed by atoms with Crippen molar-refractivity contribution in [1.82, 2.24) is 10.3 Å². The first kappa shape index (κ1) is 14.5. The van der Waals surface area contributed by atoms with Gasteiger partial charge in [0, 0.05) is 22.9 Å². The standard InChI is InChI=1S/C15H19ClN2S/c1-4-17-15(8-12-9-19-11(3)18-12)13-6-5-10(2)7-14(13)16/h5-7,9,15,17H,4,8H2,1-3H3. The molecule has 0 saturated heterocycles. The zero-order chi connectivity index (χ0) is 13.8. The molecular formula is C15H19ClN2S. The Morgan fingerprint density at radius 1 is 1.37 bits per heavy atom. The van der Waals surface area contributed by atoms with E-state index in [9.17, 15) is 0 Å². The van der Waals surface area contributed by atoms with E-state index in [4.69, 9.17) is 11.6 Å². The van der Waals surface area contributed by atoms with Crippen LogP contribution in [0.2, 0.25) is 5.02 Å². The van der Waals surface area contributed by atoms with E-state index in [2.05, 4.69) is 41.7 Å². The zero-order valence-corrected chi connectivity index (χ0v) is 13.1. The SMILES string of the molecule is CCNC(Cc1csc(C)n1)c1ccc(C)cc1Cl. The zero-order valence-electron chi connectivity index (χ0n) is 11.5. The number of aryl methyl sites for hydroxylation is 2. The average molecular weight is 295 g/mol. The molecule has 1 aromatic carbocycles. The predicted octanol–water partition coefficient (Wildman–Crippen LogP) is 4.31. The molecule has 0 saturated carbocycles. The Balaban J connectivity index is 2.23. The van der Waals surface area contributed by atoms with Gasteiger partial charge in [-0.1, -0.05) is 30.7 Å². The van der Waals surface area contributed by atoms with Crippen molar-refractivity contribution < 1.29 is 0 Å². The summed E-state index contributed by atoms with van der Waals surface area (Å²) < 4.78 is 0. The van der Waals surface area contributed by atoms with Crippen molar-refractivity contribution >= 4 is 22.9 Å². The van der Waals surface area contributed by atoms with E-state index >= 15 is 0 Å². The van der Waals surface area contributed by atoms with Crippen LogP contribution in [0.15, 0.2) is 23.6 Å². The first-order chi connectivity index (χ1) is 9.10. The number of rotatable bonds is 5. The van der Waals surface area contributed by atoms with E-state index in [1.54, 1.807) is 11.3 Å². The molecule has 19 heavy (non-hydrogen) atoms. The molecule has 0 aliphatic rings. The normalized spacial score (nSPS) is 12.6. The maximum absolute atomic E-state index is 6.37. The molecule has 0 aliphatic carbocycles. The van der Waals surface area contributed by atoms with Crippen molar-refractivity contribution in [3.63, 3.8) is 0 Å². The summed E-state index contributed by atoms with van der Waals surface area (Å²) in [6.45, 7) is 7.12. The molecule has 1 aromatic heterocycles. The molecule has 0 spiro atoms. The van der Waals surface area contributed by atoms with Crippen LogP contribution < -0.4 is 5.32 Å². The molecule has 0 amide bonds. The first-order valence-electron chi connectivity index (χ1n) is 6.50. The fraction of sp³-hybridized carbons (Fsp3) is 0.400. The van der Waals surface area contributed by atoms with Crippen LogP contribution in [-0.4, -0.2) is 11.5 Å². The number of hydrogen-bond acceptors (Lipinski definition) is 3. The molecule has 102 valence electrons.